The summed E-state index contributed by atoms with van der Waals surface area (Å²) >= 11 is 6.27. The van der Waals surface area contributed by atoms with E-state index in [2.05, 4.69) is 0 Å². The van der Waals surface area contributed by atoms with Gasteiger partial charge in [0.25, 0.3) is 0 Å². The molecule has 1 aliphatic rings. The first kappa shape index (κ1) is 19.6. The maximum absolute atomic E-state index is 13.1. The monoisotopic (exact) mass is 387 g/mol. The lowest BCUT2D eigenvalue weighted by Gasteiger charge is -2.39. The molecule has 2 atom stereocenters. The van der Waals surface area contributed by atoms with Gasteiger partial charge in [-0.05, 0) is 53.8 Å². The fraction of sp³-hybridized carbons (Fsp3) is 0.409. The lowest BCUT2D eigenvalue weighted by Crippen LogP contribution is -2.43. The van der Waals surface area contributed by atoms with Crippen LogP contribution in [-0.4, -0.2) is 31.6 Å². The third-order valence-corrected chi connectivity index (χ3v) is 5.59. The molecular formula is C22H26ClNO3. The number of ether oxygens (including phenoxy) is 2. The Morgan fingerprint density at radius 2 is 1.93 bits per heavy atom. The molecule has 1 aliphatic heterocycles. The Labute approximate surface area is 166 Å². The number of fused-ring (bicyclic) bond motifs is 1. The van der Waals surface area contributed by atoms with E-state index in [1.807, 2.05) is 55.1 Å². The zero-order valence-corrected chi connectivity index (χ0v) is 17.0. The summed E-state index contributed by atoms with van der Waals surface area (Å²) in [6, 6.07) is 11.6. The van der Waals surface area contributed by atoms with Crippen molar-refractivity contribution in [1.29, 1.82) is 0 Å². The van der Waals surface area contributed by atoms with Gasteiger partial charge in [-0.15, -0.1) is 0 Å². The van der Waals surface area contributed by atoms with E-state index >= 15 is 0 Å². The molecule has 0 unspecified atom stereocenters. The number of rotatable bonds is 5. The predicted molar refractivity (Wildman–Crippen MR) is 108 cm³/mol. The lowest BCUT2D eigenvalue weighted by molar-refractivity contribution is -0.137. The van der Waals surface area contributed by atoms with Crippen molar-refractivity contribution in [3.63, 3.8) is 0 Å². The second kappa shape index (κ2) is 8.22. The molecule has 0 fully saturated rings. The number of hydrogen-bond donors (Lipinski definition) is 0. The molecule has 0 radical (unpaired) electrons. The Hall–Kier alpha value is -2.20. The van der Waals surface area contributed by atoms with Crippen LogP contribution in [0, 0.1) is 5.92 Å². The SMILES string of the molecule is CC[C@H](C)C(=O)N1CCc2cc(OC)c(OC)cc2[C@H]1c1cccc(Cl)c1. The number of hydrogen-bond acceptors (Lipinski definition) is 3. The Balaban J connectivity index is 2.16. The van der Waals surface area contributed by atoms with Crippen molar-refractivity contribution in [3.8, 4) is 11.5 Å². The number of methoxy groups -OCH3 is 2. The molecule has 0 aliphatic carbocycles. The molecule has 2 aromatic carbocycles. The van der Waals surface area contributed by atoms with Gasteiger partial charge in [-0.3, -0.25) is 4.79 Å². The van der Waals surface area contributed by atoms with Crippen molar-refractivity contribution in [2.75, 3.05) is 20.8 Å². The number of nitrogens with zero attached hydrogens (tertiary/aromatic N) is 1. The minimum absolute atomic E-state index is 0.0200. The van der Waals surface area contributed by atoms with Gasteiger partial charge in [0, 0.05) is 17.5 Å². The fourth-order valence-corrected chi connectivity index (χ4v) is 3.88. The van der Waals surface area contributed by atoms with Crippen molar-refractivity contribution in [2.24, 2.45) is 5.92 Å². The summed E-state index contributed by atoms with van der Waals surface area (Å²) in [6.45, 7) is 4.70. The van der Waals surface area contributed by atoms with E-state index in [0.29, 0.717) is 23.1 Å². The molecule has 3 rings (SSSR count). The Morgan fingerprint density at radius 3 is 2.56 bits per heavy atom. The highest BCUT2D eigenvalue weighted by molar-refractivity contribution is 6.30. The summed E-state index contributed by atoms with van der Waals surface area (Å²) < 4.78 is 11.0. The zero-order valence-electron chi connectivity index (χ0n) is 16.3. The molecule has 144 valence electrons. The molecule has 4 nitrogen and oxygen atoms in total. The molecule has 5 heteroatoms. The van der Waals surface area contributed by atoms with Crippen LogP contribution in [-0.2, 0) is 11.2 Å². The van der Waals surface area contributed by atoms with E-state index in [9.17, 15) is 4.79 Å². The van der Waals surface area contributed by atoms with Gasteiger partial charge in [-0.25, -0.2) is 0 Å². The summed E-state index contributed by atoms with van der Waals surface area (Å²) in [5, 5.41) is 0.663. The standard InChI is InChI=1S/C22H26ClNO3/c1-5-14(2)22(25)24-10-9-15-12-19(26-3)20(27-4)13-18(15)21(24)16-7-6-8-17(23)11-16/h6-8,11-14,21H,5,9-10H2,1-4H3/t14-,21+/m0/s1. The maximum Gasteiger partial charge on any atom is 0.226 e. The second-order valence-electron chi connectivity index (χ2n) is 6.95. The van der Waals surface area contributed by atoms with Crippen LogP contribution in [0.4, 0.5) is 0 Å². The fourth-order valence-electron chi connectivity index (χ4n) is 3.68. The second-order valence-corrected chi connectivity index (χ2v) is 7.39. The van der Waals surface area contributed by atoms with Gasteiger partial charge in [0.2, 0.25) is 5.91 Å². The minimum atomic E-state index is -0.186. The number of carbonyl (C=O) groups excluding carboxylic acids is 1. The molecule has 0 N–H and O–H groups in total. The predicted octanol–water partition coefficient (Wildman–Crippen LogP) is 4.88. The summed E-state index contributed by atoms with van der Waals surface area (Å²) in [7, 11) is 3.27. The van der Waals surface area contributed by atoms with Crippen molar-refractivity contribution < 1.29 is 14.3 Å². The first-order valence-corrected chi connectivity index (χ1v) is 9.68. The smallest absolute Gasteiger partial charge is 0.226 e. The van der Waals surface area contributed by atoms with Crippen LogP contribution in [0.15, 0.2) is 36.4 Å². The number of benzene rings is 2. The van der Waals surface area contributed by atoms with Crippen molar-refractivity contribution in [2.45, 2.75) is 32.7 Å². The van der Waals surface area contributed by atoms with E-state index in [1.165, 1.54) is 5.56 Å². The largest absolute Gasteiger partial charge is 0.493 e. The molecule has 2 aromatic rings. The normalized spacial score (nSPS) is 17.2. The van der Waals surface area contributed by atoms with Gasteiger partial charge in [0.05, 0.1) is 20.3 Å². The number of halogens is 1. The van der Waals surface area contributed by atoms with E-state index in [-0.39, 0.29) is 17.9 Å². The number of carbonyl (C=O) groups is 1. The highest BCUT2D eigenvalue weighted by Crippen LogP contribution is 2.42. The molecule has 1 amide bonds. The summed E-state index contributed by atoms with van der Waals surface area (Å²) in [5.74, 6) is 1.53. The average molecular weight is 388 g/mol. The van der Waals surface area contributed by atoms with Gasteiger partial charge >= 0.3 is 0 Å². The molecule has 27 heavy (non-hydrogen) atoms. The molecule has 0 aromatic heterocycles. The molecule has 0 saturated heterocycles. The molecule has 0 spiro atoms. The highest BCUT2D eigenvalue weighted by atomic mass is 35.5. The topological polar surface area (TPSA) is 38.8 Å². The van der Waals surface area contributed by atoms with Crippen molar-refractivity contribution in [3.05, 3.63) is 58.1 Å². The maximum atomic E-state index is 13.1. The van der Waals surface area contributed by atoms with Gasteiger partial charge in [0.1, 0.15) is 0 Å². The molecule has 0 bridgehead atoms. The van der Waals surface area contributed by atoms with Crippen LogP contribution in [0.5, 0.6) is 11.5 Å². The van der Waals surface area contributed by atoms with Crippen molar-refractivity contribution >= 4 is 17.5 Å². The Kier molecular flexibility index (Phi) is 5.95. The van der Waals surface area contributed by atoms with Crippen LogP contribution in [0.1, 0.15) is 43.0 Å². The van der Waals surface area contributed by atoms with Gasteiger partial charge in [-0.2, -0.15) is 0 Å². The van der Waals surface area contributed by atoms with Crippen LogP contribution in [0.2, 0.25) is 5.02 Å². The van der Waals surface area contributed by atoms with E-state index in [1.54, 1.807) is 14.2 Å². The summed E-state index contributed by atoms with van der Waals surface area (Å²) in [5.41, 5.74) is 3.25. The minimum Gasteiger partial charge on any atom is -0.493 e. The molecule has 1 heterocycles. The van der Waals surface area contributed by atoms with Gasteiger partial charge < -0.3 is 14.4 Å². The van der Waals surface area contributed by atoms with Crippen LogP contribution >= 0.6 is 11.6 Å². The third kappa shape index (κ3) is 3.77. The van der Waals surface area contributed by atoms with Crippen molar-refractivity contribution in [1.82, 2.24) is 4.90 Å². The number of amides is 1. The summed E-state index contributed by atoms with van der Waals surface area (Å²) in [4.78, 5) is 15.1. The third-order valence-electron chi connectivity index (χ3n) is 5.36. The van der Waals surface area contributed by atoms with E-state index in [0.717, 1.165) is 24.0 Å². The zero-order chi connectivity index (χ0) is 19.6. The molecule has 0 saturated carbocycles. The molecular weight excluding hydrogens is 362 g/mol. The van der Waals surface area contributed by atoms with Crippen LogP contribution in [0.3, 0.4) is 0 Å². The first-order chi connectivity index (χ1) is 13.0. The quantitative estimate of drug-likeness (QED) is 0.734. The van der Waals surface area contributed by atoms with E-state index < -0.39 is 0 Å². The average Bonchev–Trinajstić information content (AvgIpc) is 2.70. The van der Waals surface area contributed by atoms with Gasteiger partial charge in [0.15, 0.2) is 11.5 Å². The first-order valence-electron chi connectivity index (χ1n) is 9.30. The van der Waals surface area contributed by atoms with E-state index in [4.69, 9.17) is 21.1 Å². The van der Waals surface area contributed by atoms with Crippen LogP contribution in [0.25, 0.3) is 0 Å². The Bertz CT molecular complexity index is 836. The summed E-state index contributed by atoms with van der Waals surface area (Å²) in [6.07, 6.45) is 1.60. The van der Waals surface area contributed by atoms with Gasteiger partial charge in [-0.1, -0.05) is 37.6 Å². The lowest BCUT2D eigenvalue weighted by atomic mass is 9.86. The Morgan fingerprint density at radius 1 is 1.22 bits per heavy atom. The van der Waals surface area contributed by atoms with Crippen LogP contribution < -0.4 is 9.47 Å². The highest BCUT2D eigenvalue weighted by Gasteiger charge is 2.34.